The Morgan fingerprint density at radius 2 is 2.05 bits per heavy atom. The van der Waals surface area contributed by atoms with Crippen molar-refractivity contribution in [3.05, 3.63) is 52.2 Å². The fourth-order valence-electron chi connectivity index (χ4n) is 1.72. The van der Waals surface area contributed by atoms with E-state index in [0.29, 0.717) is 12.2 Å². The first-order chi connectivity index (χ1) is 9.70. The monoisotopic (exact) mass is 288 g/mol. The molecule has 2 rings (SSSR count). The fourth-order valence-corrected chi connectivity index (χ4v) is 2.45. The number of hydrogen-bond acceptors (Lipinski definition) is 3. The number of aliphatic carboxylic acids is 1. The van der Waals surface area contributed by atoms with Crippen molar-refractivity contribution in [2.45, 2.75) is 13.3 Å². The van der Waals surface area contributed by atoms with Gasteiger partial charge in [-0.15, -0.1) is 11.3 Å². The van der Waals surface area contributed by atoms with E-state index in [9.17, 15) is 9.90 Å². The van der Waals surface area contributed by atoms with Gasteiger partial charge in [-0.2, -0.15) is 0 Å². The van der Waals surface area contributed by atoms with E-state index < -0.39 is 5.97 Å². The number of carboxylic acid groups (broad SMARTS) is 1. The third-order valence-corrected chi connectivity index (χ3v) is 3.58. The topological polar surface area (TPSA) is 46.5 Å². The van der Waals surface area contributed by atoms with Crippen molar-refractivity contribution in [2.75, 3.05) is 6.61 Å². The molecule has 0 unspecified atom stereocenters. The Labute approximate surface area is 122 Å². The summed E-state index contributed by atoms with van der Waals surface area (Å²) in [6.45, 7) is 2.74. The van der Waals surface area contributed by atoms with Crippen molar-refractivity contribution in [1.29, 1.82) is 0 Å². The van der Waals surface area contributed by atoms with E-state index in [2.05, 4.69) is 6.92 Å². The maximum atomic E-state index is 11.3. The van der Waals surface area contributed by atoms with Gasteiger partial charge in [-0.1, -0.05) is 25.1 Å². The van der Waals surface area contributed by atoms with Crippen molar-refractivity contribution in [3.8, 4) is 5.75 Å². The van der Waals surface area contributed by atoms with Crippen LogP contribution >= 0.6 is 11.3 Å². The largest absolute Gasteiger partial charge is 0.494 e. The lowest BCUT2D eigenvalue weighted by molar-refractivity contribution is -0.130. The summed E-state index contributed by atoms with van der Waals surface area (Å²) in [5.41, 5.74) is 1.15. The van der Waals surface area contributed by atoms with Gasteiger partial charge in [-0.25, -0.2) is 4.79 Å². The second-order valence-corrected chi connectivity index (χ2v) is 5.21. The van der Waals surface area contributed by atoms with Crippen molar-refractivity contribution in [2.24, 2.45) is 0 Å². The fraction of sp³-hybridized carbons (Fsp3) is 0.188. The van der Waals surface area contributed by atoms with Crippen LogP contribution in [-0.2, 0) is 4.79 Å². The molecule has 1 aromatic heterocycles. The molecule has 2 aromatic rings. The van der Waals surface area contributed by atoms with Gasteiger partial charge in [0, 0.05) is 4.88 Å². The molecule has 1 N–H and O–H groups in total. The summed E-state index contributed by atoms with van der Waals surface area (Å²) in [5.74, 6) is -0.115. The predicted octanol–water partition coefficient (Wildman–Crippen LogP) is 4.16. The van der Waals surface area contributed by atoms with Gasteiger partial charge in [-0.05, 0) is 41.6 Å². The molecule has 1 aromatic carbocycles. The average molecular weight is 288 g/mol. The molecule has 0 atom stereocenters. The third-order valence-electron chi connectivity index (χ3n) is 2.68. The Kier molecular flexibility index (Phi) is 4.96. The molecule has 0 aliphatic heterocycles. The highest BCUT2D eigenvalue weighted by Gasteiger charge is 2.11. The highest BCUT2D eigenvalue weighted by atomic mass is 32.1. The minimum Gasteiger partial charge on any atom is -0.494 e. The lowest BCUT2D eigenvalue weighted by Gasteiger charge is -2.05. The molecule has 0 aliphatic carbocycles. The number of hydrogen-bond donors (Lipinski definition) is 1. The summed E-state index contributed by atoms with van der Waals surface area (Å²) in [6, 6.07) is 11.1. The van der Waals surface area contributed by atoms with Crippen LogP contribution in [0.5, 0.6) is 5.75 Å². The Hall–Kier alpha value is -2.07. The number of carboxylic acids is 1. The smallest absolute Gasteiger partial charge is 0.337 e. The van der Waals surface area contributed by atoms with Crippen LogP contribution in [0.1, 0.15) is 23.8 Å². The highest BCUT2D eigenvalue weighted by molar-refractivity contribution is 7.11. The van der Waals surface area contributed by atoms with E-state index in [1.807, 2.05) is 41.8 Å². The quantitative estimate of drug-likeness (QED) is 0.812. The molecule has 0 saturated heterocycles. The molecule has 0 bridgehead atoms. The molecule has 1 heterocycles. The van der Waals surface area contributed by atoms with Crippen LogP contribution in [0, 0.1) is 0 Å². The zero-order valence-electron chi connectivity index (χ0n) is 11.2. The Balaban J connectivity index is 2.21. The summed E-state index contributed by atoms with van der Waals surface area (Å²) >= 11 is 1.42. The highest BCUT2D eigenvalue weighted by Crippen LogP contribution is 2.24. The van der Waals surface area contributed by atoms with Crippen LogP contribution in [0.25, 0.3) is 11.6 Å². The molecule has 0 fully saturated rings. The van der Waals surface area contributed by atoms with Crippen LogP contribution in [0.4, 0.5) is 0 Å². The number of thiophene rings is 1. The summed E-state index contributed by atoms with van der Waals surface area (Å²) in [6.07, 6.45) is 2.64. The summed E-state index contributed by atoms with van der Waals surface area (Å²) < 4.78 is 5.50. The maximum absolute atomic E-state index is 11.3. The van der Waals surface area contributed by atoms with Gasteiger partial charge < -0.3 is 9.84 Å². The molecule has 0 radical (unpaired) electrons. The molecule has 0 aliphatic rings. The molecule has 0 amide bonds. The van der Waals surface area contributed by atoms with Crippen LogP contribution in [-0.4, -0.2) is 17.7 Å². The van der Waals surface area contributed by atoms with Gasteiger partial charge >= 0.3 is 5.97 Å². The molecular formula is C16H16O3S. The third kappa shape index (κ3) is 3.71. The molecule has 0 saturated carbocycles. The summed E-state index contributed by atoms with van der Waals surface area (Å²) in [5, 5.41) is 11.2. The summed E-state index contributed by atoms with van der Waals surface area (Å²) in [7, 11) is 0. The lowest BCUT2D eigenvalue weighted by atomic mass is 10.1. The van der Waals surface area contributed by atoms with Crippen LogP contribution in [0.3, 0.4) is 0 Å². The van der Waals surface area contributed by atoms with E-state index in [4.69, 9.17) is 4.74 Å². The number of benzene rings is 1. The van der Waals surface area contributed by atoms with Crippen molar-refractivity contribution in [3.63, 3.8) is 0 Å². The van der Waals surface area contributed by atoms with Crippen LogP contribution in [0.2, 0.25) is 0 Å². The Morgan fingerprint density at radius 1 is 1.30 bits per heavy atom. The van der Waals surface area contributed by atoms with Crippen molar-refractivity contribution >= 4 is 29.0 Å². The first-order valence-corrected chi connectivity index (χ1v) is 7.30. The first kappa shape index (κ1) is 14.3. The van der Waals surface area contributed by atoms with Gasteiger partial charge in [0.15, 0.2) is 0 Å². The molecule has 20 heavy (non-hydrogen) atoms. The van der Waals surface area contributed by atoms with Crippen LogP contribution in [0.15, 0.2) is 41.8 Å². The molecule has 0 spiro atoms. The van der Waals surface area contributed by atoms with Gasteiger partial charge in [0.2, 0.25) is 0 Å². The predicted molar refractivity (Wildman–Crippen MR) is 82.1 cm³/mol. The normalized spacial score (nSPS) is 11.3. The second-order valence-electron chi connectivity index (χ2n) is 4.26. The second kappa shape index (κ2) is 6.91. The lowest BCUT2D eigenvalue weighted by Crippen LogP contribution is -1.98. The SMILES string of the molecule is CCCOc1ccc(/C=C(\C(=O)O)c2cccs2)cc1. The van der Waals surface area contributed by atoms with Gasteiger partial charge in [0.1, 0.15) is 5.75 Å². The maximum Gasteiger partial charge on any atom is 0.337 e. The Morgan fingerprint density at radius 3 is 2.60 bits per heavy atom. The van der Waals surface area contributed by atoms with E-state index in [-0.39, 0.29) is 0 Å². The van der Waals surface area contributed by atoms with Crippen molar-refractivity contribution in [1.82, 2.24) is 0 Å². The standard InChI is InChI=1S/C16H16O3S/c1-2-9-19-13-7-5-12(6-8-13)11-14(16(17)18)15-4-3-10-20-15/h3-8,10-11H,2,9H2,1H3,(H,17,18)/b14-11-. The van der Waals surface area contributed by atoms with E-state index in [1.165, 1.54) is 11.3 Å². The van der Waals surface area contributed by atoms with E-state index in [0.717, 1.165) is 22.6 Å². The zero-order valence-corrected chi connectivity index (χ0v) is 12.0. The van der Waals surface area contributed by atoms with Crippen molar-refractivity contribution < 1.29 is 14.6 Å². The van der Waals surface area contributed by atoms with Crippen LogP contribution < -0.4 is 4.74 Å². The zero-order chi connectivity index (χ0) is 14.4. The number of rotatable bonds is 6. The first-order valence-electron chi connectivity index (χ1n) is 6.42. The minimum absolute atomic E-state index is 0.308. The average Bonchev–Trinajstić information content (AvgIpc) is 2.97. The van der Waals surface area contributed by atoms with Gasteiger partial charge in [0.25, 0.3) is 0 Å². The number of ether oxygens (including phenoxy) is 1. The number of carbonyl (C=O) groups is 1. The van der Waals surface area contributed by atoms with Gasteiger partial charge in [-0.3, -0.25) is 0 Å². The van der Waals surface area contributed by atoms with E-state index >= 15 is 0 Å². The molecule has 4 heteroatoms. The minimum atomic E-state index is -0.918. The van der Waals surface area contributed by atoms with E-state index in [1.54, 1.807) is 6.08 Å². The molecular weight excluding hydrogens is 272 g/mol. The summed E-state index contributed by atoms with van der Waals surface area (Å²) in [4.78, 5) is 12.1. The molecule has 3 nitrogen and oxygen atoms in total. The van der Waals surface area contributed by atoms with Gasteiger partial charge in [0.05, 0.1) is 12.2 Å². The molecule has 104 valence electrons. The Bertz CT molecular complexity index is 583.